The summed E-state index contributed by atoms with van der Waals surface area (Å²) in [5.41, 5.74) is 0.588. The van der Waals surface area contributed by atoms with Crippen molar-refractivity contribution in [1.29, 1.82) is 0 Å². The van der Waals surface area contributed by atoms with E-state index in [4.69, 9.17) is 40.2 Å². The van der Waals surface area contributed by atoms with Gasteiger partial charge in [-0.25, -0.2) is 0 Å². The third kappa shape index (κ3) is 4.42. The lowest BCUT2D eigenvalue weighted by Gasteiger charge is -2.27. The first-order chi connectivity index (χ1) is 13.4. The number of carbonyl (C=O) groups is 2. The fourth-order valence-electron chi connectivity index (χ4n) is 2.50. The van der Waals surface area contributed by atoms with Gasteiger partial charge in [-0.05, 0) is 48.1 Å². The summed E-state index contributed by atoms with van der Waals surface area (Å²) >= 11 is 16.9. The fraction of sp³-hybridized carbons (Fsp3) is 0.0500. The van der Waals surface area contributed by atoms with E-state index in [1.807, 2.05) is 0 Å². The van der Waals surface area contributed by atoms with Crippen LogP contribution >= 0.6 is 35.4 Å². The molecule has 1 aliphatic heterocycles. The van der Waals surface area contributed by atoms with Crippen LogP contribution in [-0.4, -0.2) is 28.4 Å². The highest BCUT2D eigenvalue weighted by Crippen LogP contribution is 2.30. The zero-order valence-electron chi connectivity index (χ0n) is 14.4. The van der Waals surface area contributed by atoms with Gasteiger partial charge in [0, 0.05) is 12.6 Å². The van der Waals surface area contributed by atoms with Gasteiger partial charge in [-0.2, -0.15) is 0 Å². The molecule has 8 heteroatoms. The zero-order chi connectivity index (χ0) is 20.3. The number of rotatable bonds is 5. The molecule has 3 rings (SSSR count). The minimum atomic E-state index is -0.550. The van der Waals surface area contributed by atoms with Gasteiger partial charge in [-0.1, -0.05) is 41.4 Å². The second-order valence-electron chi connectivity index (χ2n) is 5.77. The van der Waals surface area contributed by atoms with Crippen LogP contribution in [0.3, 0.4) is 0 Å². The molecule has 2 aromatic rings. The van der Waals surface area contributed by atoms with Crippen molar-refractivity contribution in [1.82, 2.24) is 10.2 Å². The van der Waals surface area contributed by atoms with Gasteiger partial charge < -0.3 is 4.74 Å². The van der Waals surface area contributed by atoms with Gasteiger partial charge in [0.1, 0.15) is 17.1 Å². The molecule has 5 nitrogen and oxygen atoms in total. The smallest absolute Gasteiger partial charge is 0.265 e. The van der Waals surface area contributed by atoms with Crippen LogP contribution in [0.15, 0.2) is 60.7 Å². The minimum Gasteiger partial charge on any atom is -0.457 e. The Labute approximate surface area is 177 Å². The summed E-state index contributed by atoms with van der Waals surface area (Å²) in [5.74, 6) is -0.0151. The number of ether oxygens (including phenoxy) is 1. The Bertz CT molecular complexity index is 1020. The maximum absolute atomic E-state index is 12.6. The third-order valence-electron chi connectivity index (χ3n) is 3.79. The number of nitrogens with zero attached hydrogens (tertiary/aromatic N) is 1. The molecule has 0 unspecified atom stereocenters. The van der Waals surface area contributed by atoms with Gasteiger partial charge >= 0.3 is 0 Å². The number of hydrogen-bond acceptors (Lipinski definition) is 4. The topological polar surface area (TPSA) is 58.6 Å². The molecule has 1 aliphatic rings. The van der Waals surface area contributed by atoms with E-state index in [0.29, 0.717) is 27.1 Å². The van der Waals surface area contributed by atoms with E-state index < -0.39 is 11.8 Å². The van der Waals surface area contributed by atoms with Crippen LogP contribution in [0.1, 0.15) is 5.56 Å². The van der Waals surface area contributed by atoms with Crippen molar-refractivity contribution >= 4 is 58.4 Å². The molecule has 142 valence electrons. The van der Waals surface area contributed by atoms with Crippen molar-refractivity contribution in [3.63, 3.8) is 0 Å². The van der Waals surface area contributed by atoms with Crippen LogP contribution in [0.2, 0.25) is 10.0 Å². The molecular formula is C20H14Cl2N2O3S. The summed E-state index contributed by atoms with van der Waals surface area (Å²) in [6, 6.07) is 11.9. The molecule has 28 heavy (non-hydrogen) atoms. The van der Waals surface area contributed by atoms with E-state index in [0.717, 1.165) is 0 Å². The second-order valence-corrected chi connectivity index (χ2v) is 6.97. The van der Waals surface area contributed by atoms with E-state index >= 15 is 0 Å². The molecule has 0 radical (unpaired) electrons. The minimum absolute atomic E-state index is 0.0258. The highest BCUT2D eigenvalue weighted by atomic mass is 35.5. The number of hydrogen-bond donors (Lipinski definition) is 1. The number of amides is 2. The Morgan fingerprint density at radius 1 is 1.11 bits per heavy atom. The maximum Gasteiger partial charge on any atom is 0.265 e. The van der Waals surface area contributed by atoms with Crippen LogP contribution in [0, 0.1) is 0 Å². The zero-order valence-corrected chi connectivity index (χ0v) is 16.8. The van der Waals surface area contributed by atoms with Crippen LogP contribution in [0.25, 0.3) is 6.08 Å². The SMILES string of the molecule is C=CCN1C(=O)C(=Cc2cccc(Oc3ccc(Cl)c(Cl)c3)c2)C(=O)NC1=S. The molecule has 2 aromatic carbocycles. The highest BCUT2D eigenvalue weighted by Gasteiger charge is 2.32. The van der Waals surface area contributed by atoms with Crippen molar-refractivity contribution < 1.29 is 14.3 Å². The first-order valence-electron chi connectivity index (χ1n) is 8.12. The monoisotopic (exact) mass is 432 g/mol. The summed E-state index contributed by atoms with van der Waals surface area (Å²) in [7, 11) is 0. The van der Waals surface area contributed by atoms with E-state index in [-0.39, 0.29) is 17.2 Å². The lowest BCUT2D eigenvalue weighted by molar-refractivity contribution is -0.128. The Balaban J connectivity index is 1.87. The summed E-state index contributed by atoms with van der Waals surface area (Å²) in [4.78, 5) is 26.1. The molecule has 2 amide bonds. The fourth-order valence-corrected chi connectivity index (χ4v) is 3.04. The number of halogens is 2. The van der Waals surface area contributed by atoms with Crippen molar-refractivity contribution in [2.45, 2.75) is 0 Å². The largest absolute Gasteiger partial charge is 0.457 e. The van der Waals surface area contributed by atoms with Gasteiger partial charge in [-0.3, -0.25) is 19.8 Å². The van der Waals surface area contributed by atoms with Crippen LogP contribution in [-0.2, 0) is 9.59 Å². The molecule has 0 bridgehead atoms. The summed E-state index contributed by atoms with van der Waals surface area (Å²) in [6.07, 6.45) is 3.02. The number of carbonyl (C=O) groups excluding carboxylic acids is 2. The molecule has 1 heterocycles. The van der Waals surface area contributed by atoms with Gasteiger partial charge in [0.2, 0.25) is 0 Å². The number of thiocarbonyl (C=S) groups is 1. The van der Waals surface area contributed by atoms with Gasteiger partial charge in [0.05, 0.1) is 10.0 Å². The summed E-state index contributed by atoms with van der Waals surface area (Å²) < 4.78 is 5.77. The van der Waals surface area contributed by atoms with Crippen molar-refractivity contribution in [2.24, 2.45) is 0 Å². The molecule has 1 saturated heterocycles. The lowest BCUT2D eigenvalue weighted by atomic mass is 10.1. The molecule has 1 fully saturated rings. The third-order valence-corrected chi connectivity index (χ3v) is 4.85. The van der Waals surface area contributed by atoms with E-state index in [2.05, 4.69) is 11.9 Å². The van der Waals surface area contributed by atoms with Crippen molar-refractivity contribution in [3.05, 3.63) is 76.3 Å². The van der Waals surface area contributed by atoms with Crippen molar-refractivity contribution in [3.8, 4) is 11.5 Å². The molecule has 0 atom stereocenters. The Morgan fingerprint density at radius 3 is 2.57 bits per heavy atom. The molecule has 0 spiro atoms. The van der Waals surface area contributed by atoms with Crippen LogP contribution in [0.5, 0.6) is 11.5 Å². The summed E-state index contributed by atoms with van der Waals surface area (Å²) in [5, 5.41) is 3.37. The molecular weight excluding hydrogens is 419 g/mol. The average molecular weight is 433 g/mol. The van der Waals surface area contributed by atoms with Crippen LogP contribution < -0.4 is 10.1 Å². The molecule has 0 aliphatic carbocycles. The van der Waals surface area contributed by atoms with Crippen molar-refractivity contribution in [2.75, 3.05) is 6.54 Å². The lowest BCUT2D eigenvalue weighted by Crippen LogP contribution is -2.53. The normalized spacial score (nSPS) is 15.6. The summed E-state index contributed by atoms with van der Waals surface area (Å²) in [6.45, 7) is 3.80. The van der Waals surface area contributed by atoms with Gasteiger partial charge in [-0.15, -0.1) is 6.58 Å². The quantitative estimate of drug-likeness (QED) is 0.324. The van der Waals surface area contributed by atoms with Gasteiger partial charge in [0.15, 0.2) is 5.11 Å². The Kier molecular flexibility index (Phi) is 6.14. The van der Waals surface area contributed by atoms with Gasteiger partial charge in [0.25, 0.3) is 11.8 Å². The predicted octanol–water partition coefficient (Wildman–Crippen LogP) is 4.60. The highest BCUT2D eigenvalue weighted by molar-refractivity contribution is 7.80. The van der Waals surface area contributed by atoms with E-state index in [1.165, 1.54) is 17.1 Å². The molecule has 0 aromatic heterocycles. The van der Waals surface area contributed by atoms with E-state index in [9.17, 15) is 9.59 Å². The second kappa shape index (κ2) is 8.56. The Hall–Kier alpha value is -2.67. The number of nitrogens with one attached hydrogen (secondary N) is 1. The molecule has 0 saturated carbocycles. The maximum atomic E-state index is 12.6. The Morgan fingerprint density at radius 2 is 1.86 bits per heavy atom. The first-order valence-corrected chi connectivity index (χ1v) is 9.28. The predicted molar refractivity (Wildman–Crippen MR) is 114 cm³/mol. The number of benzene rings is 2. The van der Waals surface area contributed by atoms with E-state index in [1.54, 1.807) is 42.5 Å². The first kappa shape index (κ1) is 20.1. The average Bonchev–Trinajstić information content (AvgIpc) is 2.65. The standard InChI is InChI=1S/C20H14Cl2N2O3S/c1-2-8-24-19(26)15(18(25)23-20(24)28)10-12-4-3-5-13(9-12)27-14-6-7-16(21)17(22)11-14/h2-7,9-11H,1,8H2,(H,23,25,28). The molecule has 1 N–H and O–H groups in total. The van der Waals surface area contributed by atoms with Crippen LogP contribution in [0.4, 0.5) is 0 Å².